The van der Waals surface area contributed by atoms with Gasteiger partial charge in [-0.1, -0.05) is 37.4 Å². The fourth-order valence-electron chi connectivity index (χ4n) is 4.92. The fourth-order valence-corrected chi connectivity index (χ4v) is 6.30. The van der Waals surface area contributed by atoms with Gasteiger partial charge in [-0.05, 0) is 76.9 Å². The Kier molecular flexibility index (Phi) is 19.4. The van der Waals surface area contributed by atoms with Crippen LogP contribution in [0.1, 0.15) is 52.7 Å². The standard InChI is InChI=1S/C36H42N10O10S2.2Na/c1-9-45(10-2)33-39-31(41-35(43-33)55-29(47)21(5)6)37-25-17-15-23(27(19-25)57(49,50)51)13-14-24-16-18-26(20-28(24)58(52,53)54)38-32-40-34(46(11-3)12-4)44-36(42-32)56-30(48)22(7)8;;/h13-20H,5,7,9-12H2,1-4,6,8H3,(H,49,50,51)(H,52,53,54)(H,37,39,41,43)(H,38,40,42,44);;/q;2*+1/p-2/b14-13+;;. The van der Waals surface area contributed by atoms with Gasteiger partial charge >= 0.3 is 83.1 Å². The molecule has 0 saturated heterocycles. The van der Waals surface area contributed by atoms with Crippen molar-refractivity contribution in [3.05, 3.63) is 83.1 Å². The molecule has 0 aliphatic heterocycles. The van der Waals surface area contributed by atoms with Crippen LogP contribution in [-0.4, -0.2) is 94.0 Å². The first-order valence-corrected chi connectivity index (χ1v) is 20.3. The zero-order chi connectivity index (χ0) is 42.9. The van der Waals surface area contributed by atoms with Gasteiger partial charge in [-0.25, -0.2) is 36.4 Å². The smallest absolute Gasteiger partial charge is 0.744 e. The summed E-state index contributed by atoms with van der Waals surface area (Å²) in [6, 6.07) is 6.51. The second-order valence-corrected chi connectivity index (χ2v) is 14.8. The van der Waals surface area contributed by atoms with E-state index in [0.717, 1.165) is 24.3 Å². The van der Waals surface area contributed by atoms with Crippen molar-refractivity contribution in [1.29, 1.82) is 0 Å². The van der Waals surface area contributed by atoms with Gasteiger partial charge in [0.05, 0.1) is 21.2 Å². The summed E-state index contributed by atoms with van der Waals surface area (Å²) in [6.07, 6.45) is 2.26. The number of H-pyrrole nitrogens is 2. The van der Waals surface area contributed by atoms with E-state index in [1.165, 1.54) is 38.1 Å². The maximum Gasteiger partial charge on any atom is 1.00 e. The minimum atomic E-state index is -5.17. The second-order valence-electron chi connectivity index (χ2n) is 12.1. The zero-order valence-electron chi connectivity index (χ0n) is 34.3. The molecule has 2 aromatic heterocycles. The van der Waals surface area contributed by atoms with Crippen molar-refractivity contribution < 1.29 is 104 Å². The van der Waals surface area contributed by atoms with Crippen LogP contribution in [-0.2, 0) is 29.8 Å². The molecule has 2 heterocycles. The van der Waals surface area contributed by atoms with Crippen molar-refractivity contribution >= 4 is 67.6 Å². The largest absolute Gasteiger partial charge is 1.00 e. The zero-order valence-corrected chi connectivity index (χ0v) is 40.0. The second kappa shape index (κ2) is 22.5. The summed E-state index contributed by atoms with van der Waals surface area (Å²) in [5.74, 6) is -1.08. The number of hydrogen-bond donors (Lipinski definition) is 2. The molecule has 0 saturated carbocycles. The summed E-state index contributed by atoms with van der Waals surface area (Å²) in [5.41, 5.74) is -0.787. The summed E-state index contributed by atoms with van der Waals surface area (Å²) in [7, 11) is -10.3. The van der Waals surface area contributed by atoms with Gasteiger partial charge in [0.1, 0.15) is 20.2 Å². The molecule has 0 bridgehead atoms. The van der Waals surface area contributed by atoms with Crippen LogP contribution in [0.2, 0.25) is 0 Å². The van der Waals surface area contributed by atoms with E-state index in [-0.39, 0.29) is 128 Å². The Bertz CT molecular complexity index is 2480. The Labute approximate surface area is 390 Å². The van der Waals surface area contributed by atoms with Crippen LogP contribution in [0.25, 0.3) is 12.2 Å². The van der Waals surface area contributed by atoms with Crippen LogP contribution in [0.3, 0.4) is 0 Å². The third kappa shape index (κ3) is 14.1. The third-order valence-electron chi connectivity index (χ3n) is 7.89. The monoisotopic (exact) mass is 882 g/mol. The maximum absolute atomic E-state index is 12.4. The average molecular weight is 883 g/mol. The Morgan fingerprint density at radius 1 is 0.667 bits per heavy atom. The molecule has 0 amide bonds. The number of carbonyl (C=O) groups excluding carboxylic acids is 2. The third-order valence-corrected chi connectivity index (χ3v) is 9.67. The Balaban J connectivity index is 0.00000620. The number of aromatic nitrogens is 6. The first-order chi connectivity index (χ1) is 27.3. The molecule has 4 rings (SSSR count). The van der Waals surface area contributed by atoms with Gasteiger partial charge in [0, 0.05) is 37.3 Å². The maximum atomic E-state index is 12.4. The van der Waals surface area contributed by atoms with Crippen LogP contribution in [0.5, 0.6) is 12.0 Å². The summed E-state index contributed by atoms with van der Waals surface area (Å²) in [5, 5.41) is 0. The normalized spacial score (nSPS) is 12.0. The van der Waals surface area contributed by atoms with Gasteiger partial charge in [-0.2, -0.15) is 19.9 Å². The number of ether oxygens (including phenoxy) is 2. The van der Waals surface area contributed by atoms with Gasteiger partial charge in [0.15, 0.2) is 0 Å². The number of esters is 2. The summed E-state index contributed by atoms with van der Waals surface area (Å²) in [6.45, 7) is 19.4. The van der Waals surface area contributed by atoms with Crippen molar-refractivity contribution in [1.82, 2.24) is 29.9 Å². The van der Waals surface area contributed by atoms with Crippen LogP contribution in [0.15, 0.2) is 80.5 Å². The molecule has 4 aromatic rings. The number of rotatable bonds is 16. The molecule has 0 radical (unpaired) electrons. The molecule has 0 aliphatic carbocycles. The van der Waals surface area contributed by atoms with E-state index in [1.54, 1.807) is 9.80 Å². The minimum absolute atomic E-state index is 0. The summed E-state index contributed by atoms with van der Waals surface area (Å²) >= 11 is 0. The molecular weight excluding hydrogens is 843 g/mol. The van der Waals surface area contributed by atoms with Gasteiger partial charge in [0.25, 0.3) is 11.2 Å². The predicted octanol–water partition coefficient (Wildman–Crippen LogP) is -2.97. The van der Waals surface area contributed by atoms with Crippen LogP contribution in [0, 0.1) is 0 Å². The number of benzene rings is 2. The van der Waals surface area contributed by atoms with Gasteiger partial charge in [-0.3, -0.25) is 9.97 Å². The first kappa shape index (κ1) is 51.8. The van der Waals surface area contributed by atoms with Crippen molar-refractivity contribution in [2.45, 2.75) is 51.3 Å². The molecule has 308 valence electrons. The summed E-state index contributed by atoms with van der Waals surface area (Å²) < 4.78 is 85.2. The van der Waals surface area contributed by atoms with E-state index >= 15 is 0 Å². The first-order valence-electron chi connectivity index (χ1n) is 17.5. The molecule has 0 fully saturated rings. The molecule has 0 aliphatic rings. The average Bonchev–Trinajstić information content (AvgIpc) is 3.14. The molecule has 2 aromatic carbocycles. The van der Waals surface area contributed by atoms with Crippen LogP contribution < -0.4 is 89.6 Å². The molecule has 0 spiro atoms. The van der Waals surface area contributed by atoms with Gasteiger partial charge in [0.2, 0.25) is 11.9 Å². The molecule has 2 N–H and O–H groups in total. The number of nitrogens with zero attached hydrogens (tertiary/aromatic N) is 8. The topological polar surface area (TPSA) is 281 Å². The Morgan fingerprint density at radius 3 is 1.28 bits per heavy atom. The van der Waals surface area contributed by atoms with E-state index in [2.05, 4.69) is 53.0 Å². The number of hydrogen-bond acceptors (Lipinski definition) is 18. The van der Waals surface area contributed by atoms with E-state index in [4.69, 9.17) is 9.47 Å². The van der Waals surface area contributed by atoms with Gasteiger partial charge in [-0.15, -0.1) is 0 Å². The number of nitrogens with one attached hydrogen (secondary N) is 2. The molecule has 24 heteroatoms. The number of anilines is 2. The van der Waals surface area contributed by atoms with Crippen molar-refractivity contribution in [3.63, 3.8) is 0 Å². The van der Waals surface area contributed by atoms with E-state index in [0.29, 0.717) is 26.2 Å². The summed E-state index contributed by atoms with van der Waals surface area (Å²) in [4.78, 5) is 57.4. The molecule has 0 unspecified atom stereocenters. The molecule has 20 nitrogen and oxygen atoms in total. The fraction of sp³-hybridized carbons (Fsp3) is 0.278. The quantitative estimate of drug-likeness (QED) is 0.0374. The Morgan fingerprint density at radius 2 is 1.00 bits per heavy atom. The van der Waals surface area contributed by atoms with E-state index in [1.807, 2.05) is 27.7 Å². The minimum Gasteiger partial charge on any atom is -0.744 e. The van der Waals surface area contributed by atoms with Crippen molar-refractivity contribution in [2.75, 3.05) is 36.0 Å². The van der Waals surface area contributed by atoms with E-state index in [9.17, 15) is 35.5 Å². The molecule has 0 atom stereocenters. The van der Waals surface area contributed by atoms with Crippen LogP contribution >= 0.6 is 0 Å². The van der Waals surface area contributed by atoms with Crippen LogP contribution in [0.4, 0.5) is 23.3 Å². The predicted molar refractivity (Wildman–Crippen MR) is 209 cm³/mol. The molecular formula is C36H40N10Na2O10S2. The SMILES string of the molecule is C=C(C)C(=O)Oc1nc(=Nc2ccc(/C=C/c3ccc(N=c4nc(OC(=O)C(=C)C)[nH]c(N(CC)CC)n4)cc3S(=O)(=O)[O-])c(S(=O)(=O)[O-])c2)nc(N(CC)CC)[nH]1.[Na+].[Na+]. The number of aromatic amines is 2. The number of carbonyl (C=O) groups is 2. The van der Waals surface area contributed by atoms with E-state index < -0.39 is 42.0 Å². The Hall–Kier alpha value is -4.36. The molecule has 60 heavy (non-hydrogen) atoms. The van der Waals surface area contributed by atoms with Gasteiger partial charge < -0.3 is 28.4 Å². The van der Waals surface area contributed by atoms with Crippen molar-refractivity contribution in [3.8, 4) is 12.0 Å². The van der Waals surface area contributed by atoms with Crippen molar-refractivity contribution in [2.24, 2.45) is 9.98 Å².